The van der Waals surface area contributed by atoms with Crippen molar-refractivity contribution >= 4 is 59.7 Å². The highest BCUT2D eigenvalue weighted by Crippen LogP contribution is 2.62. The second-order valence-electron chi connectivity index (χ2n) is 19.2. The predicted molar refractivity (Wildman–Crippen MR) is 283 cm³/mol. The smallest absolute Gasteiger partial charge is 0.0624 e. The normalized spacial score (nSPS) is 21.3. The first-order valence-electron chi connectivity index (χ1n) is 23.9. The second kappa shape index (κ2) is 15.4. The number of nitrogens with two attached hydrogens (primary N) is 1. The fourth-order valence-corrected chi connectivity index (χ4v) is 11.9. The number of hydrogen-bond donors (Lipinski definition) is 1. The lowest BCUT2D eigenvalue weighted by molar-refractivity contribution is 0.263. The van der Waals surface area contributed by atoms with Crippen molar-refractivity contribution in [2.24, 2.45) is 11.7 Å². The van der Waals surface area contributed by atoms with Crippen molar-refractivity contribution in [2.45, 2.75) is 44.3 Å². The first-order valence-corrected chi connectivity index (χ1v) is 23.9. The minimum atomic E-state index is -0.332. The van der Waals surface area contributed by atoms with Gasteiger partial charge in [0.1, 0.15) is 0 Å². The Bertz CT molecular complexity index is 3730. The van der Waals surface area contributed by atoms with Gasteiger partial charge in [0, 0.05) is 21.9 Å². The summed E-state index contributed by atoms with van der Waals surface area (Å²) in [4.78, 5) is 2.67. The van der Waals surface area contributed by atoms with Gasteiger partial charge in [-0.05, 0) is 121 Å². The summed E-state index contributed by atoms with van der Waals surface area (Å²) in [6.07, 6.45) is 15.2. The van der Waals surface area contributed by atoms with Crippen LogP contribution in [0.25, 0.3) is 87.6 Å². The quantitative estimate of drug-likeness (QED) is 0.162. The number of aromatic nitrogens is 1. The number of fused-ring (bicyclic) bond motifs is 8. The Balaban J connectivity index is 0.966. The molecule has 4 unspecified atom stereocenters. The van der Waals surface area contributed by atoms with Gasteiger partial charge in [0.2, 0.25) is 0 Å². The zero-order valence-corrected chi connectivity index (χ0v) is 37.9. The maximum Gasteiger partial charge on any atom is 0.0624 e. The third-order valence-electron chi connectivity index (χ3n) is 15.3. The first-order chi connectivity index (χ1) is 32.9. The third-order valence-corrected chi connectivity index (χ3v) is 15.3. The van der Waals surface area contributed by atoms with E-state index in [2.05, 4.69) is 242 Å². The van der Waals surface area contributed by atoms with Crippen LogP contribution in [0.1, 0.15) is 55.5 Å². The molecule has 1 saturated heterocycles. The summed E-state index contributed by atoms with van der Waals surface area (Å²) in [6.45, 7) is 4.62. The van der Waals surface area contributed by atoms with Crippen molar-refractivity contribution in [1.82, 2.24) is 9.47 Å². The Morgan fingerprint density at radius 2 is 1.21 bits per heavy atom. The number of allylic oxidation sites excluding steroid dienone is 6. The number of hydrogen-bond acceptors (Lipinski definition) is 2. The van der Waals surface area contributed by atoms with E-state index in [9.17, 15) is 0 Å². The van der Waals surface area contributed by atoms with Crippen LogP contribution in [-0.4, -0.2) is 15.0 Å². The molecule has 0 spiro atoms. The van der Waals surface area contributed by atoms with Gasteiger partial charge in [0.05, 0.1) is 34.3 Å². The summed E-state index contributed by atoms with van der Waals surface area (Å²) >= 11 is 0. The molecule has 0 saturated carbocycles. The van der Waals surface area contributed by atoms with E-state index in [1.165, 1.54) is 104 Å². The molecule has 2 aliphatic carbocycles. The lowest BCUT2D eigenvalue weighted by atomic mass is 9.89. The number of benzene rings is 9. The molecule has 2 N–H and O–H groups in total. The van der Waals surface area contributed by atoms with Gasteiger partial charge < -0.3 is 10.3 Å². The molecule has 2 heterocycles. The lowest BCUT2D eigenvalue weighted by Gasteiger charge is -2.34. The van der Waals surface area contributed by atoms with Gasteiger partial charge in [-0.2, -0.15) is 0 Å². The maximum atomic E-state index is 7.01. The van der Waals surface area contributed by atoms with E-state index in [4.69, 9.17) is 5.73 Å². The van der Waals surface area contributed by atoms with Crippen LogP contribution >= 0.6 is 0 Å². The molecule has 9 aromatic carbocycles. The zero-order chi connectivity index (χ0) is 44.8. The fraction of sp³-hybridized carbons (Fsp3) is 0.125. The highest BCUT2D eigenvalue weighted by molar-refractivity contribution is 6.30. The molecule has 3 aliphatic rings. The largest absolute Gasteiger partial charge is 0.401 e. The molecular formula is C64H51N3. The third kappa shape index (κ3) is 6.29. The summed E-state index contributed by atoms with van der Waals surface area (Å²) in [6, 6.07) is 68.4. The topological polar surface area (TPSA) is 34.0 Å². The van der Waals surface area contributed by atoms with Crippen LogP contribution in [0.15, 0.2) is 224 Å². The Morgan fingerprint density at radius 3 is 2.00 bits per heavy atom. The molecule has 0 amide bonds. The average Bonchev–Trinajstić information content (AvgIpc) is 4.05. The van der Waals surface area contributed by atoms with E-state index in [1.54, 1.807) is 0 Å². The monoisotopic (exact) mass is 861 g/mol. The SMILES string of the molecule is CC1C=CC=C(c2ccc(-c3ccc([C@@H]4C(c5cccc6c(-n7c8ccc9ccccc9c8c8c9ccccc9c(-c9ccccc9)cc87)cccc56)N4C4(C)CC=CC=C4N)cc3)cc2)C1. The summed E-state index contributed by atoms with van der Waals surface area (Å²) in [5, 5.41) is 10.1. The van der Waals surface area contributed by atoms with Gasteiger partial charge in [-0.3, -0.25) is 4.90 Å². The first kappa shape index (κ1) is 39.6. The van der Waals surface area contributed by atoms with Gasteiger partial charge >= 0.3 is 0 Å². The molecule has 3 heteroatoms. The minimum Gasteiger partial charge on any atom is -0.401 e. The average molecular weight is 862 g/mol. The zero-order valence-electron chi connectivity index (χ0n) is 37.9. The summed E-state index contributed by atoms with van der Waals surface area (Å²) < 4.78 is 2.55. The Labute approximate surface area is 392 Å². The van der Waals surface area contributed by atoms with E-state index in [1.807, 2.05) is 0 Å². The van der Waals surface area contributed by atoms with Crippen molar-refractivity contribution in [1.29, 1.82) is 0 Å². The van der Waals surface area contributed by atoms with E-state index in [0.29, 0.717) is 5.92 Å². The van der Waals surface area contributed by atoms with Crippen LogP contribution in [0.3, 0.4) is 0 Å². The standard InChI is InChI=1S/C64H51N3/c1-41-15-12-19-48(39-41)44-30-28-42(29-31-44)43-32-34-47(35-33-43)62-63(67(62)64(2)38-11-10-27-59(64)65)54-25-13-24-52-50(54)23-14-26-56(52)66-57-37-36-46-18-6-7-20-49(46)60(57)61-53-22-9-8-21-51(53)55(40-58(61)66)45-16-4-3-5-17-45/h3-37,40-41,62-63H,38-39,65H2,1-2H3/t41?,62-,63?,64?,67?/m1/s1. The van der Waals surface area contributed by atoms with Crippen LogP contribution in [0.2, 0.25) is 0 Å². The van der Waals surface area contributed by atoms with Crippen molar-refractivity contribution in [3.05, 3.63) is 241 Å². The second-order valence-corrected chi connectivity index (χ2v) is 19.2. The maximum absolute atomic E-state index is 7.01. The van der Waals surface area contributed by atoms with E-state index in [-0.39, 0.29) is 17.6 Å². The van der Waals surface area contributed by atoms with Crippen molar-refractivity contribution in [3.8, 4) is 27.9 Å². The predicted octanol–water partition coefficient (Wildman–Crippen LogP) is 16.2. The van der Waals surface area contributed by atoms with Gasteiger partial charge in [-0.25, -0.2) is 0 Å². The van der Waals surface area contributed by atoms with Gasteiger partial charge in [0.25, 0.3) is 0 Å². The van der Waals surface area contributed by atoms with E-state index in [0.717, 1.165) is 18.5 Å². The molecule has 3 nitrogen and oxygen atoms in total. The number of rotatable bonds is 7. The molecule has 5 atom stereocenters. The highest BCUT2D eigenvalue weighted by atomic mass is 15.4. The Hall–Kier alpha value is -7.72. The highest BCUT2D eigenvalue weighted by Gasteiger charge is 2.58. The fourth-order valence-electron chi connectivity index (χ4n) is 11.9. The number of nitrogens with zero attached hydrogens (tertiary/aromatic N) is 2. The molecule has 322 valence electrons. The molecule has 67 heavy (non-hydrogen) atoms. The van der Waals surface area contributed by atoms with E-state index >= 15 is 0 Å². The van der Waals surface area contributed by atoms with Crippen molar-refractivity contribution in [2.75, 3.05) is 0 Å². The molecule has 1 fully saturated rings. The van der Waals surface area contributed by atoms with Crippen molar-refractivity contribution < 1.29 is 0 Å². The molecular weight excluding hydrogens is 811 g/mol. The summed E-state index contributed by atoms with van der Waals surface area (Å²) in [5.41, 5.74) is 21.5. The molecule has 13 rings (SSSR count). The van der Waals surface area contributed by atoms with Gasteiger partial charge in [0.15, 0.2) is 0 Å². The van der Waals surface area contributed by atoms with Crippen LogP contribution < -0.4 is 5.73 Å². The van der Waals surface area contributed by atoms with E-state index < -0.39 is 0 Å². The minimum absolute atomic E-state index is 0.128. The van der Waals surface area contributed by atoms with Crippen LogP contribution in [0, 0.1) is 5.92 Å². The van der Waals surface area contributed by atoms with Crippen LogP contribution in [0.5, 0.6) is 0 Å². The molecule has 10 aromatic rings. The Morgan fingerprint density at radius 1 is 0.537 bits per heavy atom. The van der Waals surface area contributed by atoms with Crippen LogP contribution in [-0.2, 0) is 0 Å². The molecule has 0 radical (unpaired) electrons. The van der Waals surface area contributed by atoms with Crippen molar-refractivity contribution in [3.63, 3.8) is 0 Å². The molecule has 1 aliphatic heterocycles. The molecule has 1 aromatic heterocycles. The van der Waals surface area contributed by atoms with Gasteiger partial charge in [-0.15, -0.1) is 0 Å². The van der Waals surface area contributed by atoms with Crippen LogP contribution in [0.4, 0.5) is 0 Å². The molecule has 0 bridgehead atoms. The summed E-state index contributed by atoms with van der Waals surface area (Å²) in [7, 11) is 0. The Kier molecular flexibility index (Phi) is 9.13. The lowest BCUT2D eigenvalue weighted by Crippen LogP contribution is -2.41. The van der Waals surface area contributed by atoms with Gasteiger partial charge in [-0.1, -0.05) is 201 Å². The summed E-state index contributed by atoms with van der Waals surface area (Å²) in [5.74, 6) is 0.572.